The Kier molecular flexibility index (Phi) is 8.08. The minimum Gasteiger partial charge on any atom is -0.361 e. The average Bonchev–Trinajstić information content (AvgIpc) is 3.76. The van der Waals surface area contributed by atoms with Crippen LogP contribution in [-0.4, -0.2) is 54.9 Å². The predicted octanol–water partition coefficient (Wildman–Crippen LogP) is 6.64. The smallest absolute Gasteiger partial charge is 0.326 e. The minimum absolute atomic E-state index is 0.0441. The van der Waals surface area contributed by atoms with E-state index in [1.807, 2.05) is 63.4 Å². The van der Waals surface area contributed by atoms with E-state index in [1.165, 1.54) is 22.3 Å². The first-order valence-electron chi connectivity index (χ1n) is 15.0. The summed E-state index contributed by atoms with van der Waals surface area (Å²) in [5.41, 5.74) is 5.73. The quantitative estimate of drug-likeness (QED) is 0.189. The van der Waals surface area contributed by atoms with E-state index in [-0.39, 0.29) is 17.6 Å². The van der Waals surface area contributed by atoms with E-state index in [0.717, 1.165) is 64.5 Å². The number of thiazole rings is 1. The summed E-state index contributed by atoms with van der Waals surface area (Å²) in [7, 11) is 0. The van der Waals surface area contributed by atoms with E-state index in [9.17, 15) is 9.59 Å². The van der Waals surface area contributed by atoms with E-state index >= 15 is 0 Å². The number of H-pyrrole nitrogens is 2. The zero-order valence-corrected chi connectivity index (χ0v) is 25.8. The second-order valence-electron chi connectivity index (χ2n) is 11.4. The number of halogens is 1. The van der Waals surface area contributed by atoms with E-state index < -0.39 is 0 Å². The molecule has 3 aromatic carbocycles. The number of benzene rings is 3. The van der Waals surface area contributed by atoms with Gasteiger partial charge in [-0.25, -0.2) is 9.78 Å². The van der Waals surface area contributed by atoms with Gasteiger partial charge in [0.1, 0.15) is 10.7 Å². The summed E-state index contributed by atoms with van der Waals surface area (Å²) in [4.78, 5) is 41.5. The summed E-state index contributed by atoms with van der Waals surface area (Å²) in [5, 5.41) is 4.76. The first kappa shape index (κ1) is 28.6. The first-order valence-corrected chi connectivity index (χ1v) is 16.2. The largest absolute Gasteiger partial charge is 0.361 e. The highest BCUT2D eigenvalue weighted by Crippen LogP contribution is 2.27. The zero-order valence-electron chi connectivity index (χ0n) is 24.2. The lowest BCUT2D eigenvalue weighted by Gasteiger charge is -2.32. The molecule has 0 atom stereocenters. The lowest BCUT2D eigenvalue weighted by Crippen LogP contribution is -2.40. The lowest BCUT2D eigenvalue weighted by atomic mass is 10.0. The van der Waals surface area contributed by atoms with Gasteiger partial charge in [0.2, 0.25) is 0 Å². The van der Waals surface area contributed by atoms with Crippen molar-refractivity contribution >= 4 is 50.8 Å². The fourth-order valence-electron chi connectivity index (χ4n) is 6.32. The van der Waals surface area contributed by atoms with Gasteiger partial charge in [-0.3, -0.25) is 14.3 Å². The number of aromatic nitrogens is 4. The first-order chi connectivity index (χ1) is 21.5. The SMILES string of the molecule is O=C(c1csc(CN(CCc2c[nH]c3ccccc23)Cc2cccc(Cl)c2)n1)N1CCC(n2c(=O)[nH]c3ccccc32)CC1. The molecule has 3 aromatic heterocycles. The predicted molar refractivity (Wildman–Crippen MR) is 176 cm³/mol. The van der Waals surface area contributed by atoms with E-state index in [1.54, 1.807) is 0 Å². The van der Waals surface area contributed by atoms with Gasteiger partial charge in [0.05, 0.1) is 17.6 Å². The number of fused-ring (bicyclic) bond motifs is 2. The summed E-state index contributed by atoms with van der Waals surface area (Å²) in [6.45, 7) is 3.38. The molecule has 44 heavy (non-hydrogen) atoms. The number of nitrogens with zero attached hydrogens (tertiary/aromatic N) is 4. The Morgan fingerprint density at radius 3 is 2.64 bits per heavy atom. The molecule has 1 aliphatic rings. The fraction of sp³-hybridized carbons (Fsp3) is 0.265. The summed E-state index contributed by atoms with van der Waals surface area (Å²) in [5.74, 6) is -0.0441. The van der Waals surface area contributed by atoms with Crippen molar-refractivity contribution in [3.05, 3.63) is 122 Å². The van der Waals surface area contributed by atoms with Crippen molar-refractivity contribution in [2.24, 2.45) is 0 Å². The lowest BCUT2D eigenvalue weighted by molar-refractivity contribution is 0.0689. The Morgan fingerprint density at radius 2 is 1.80 bits per heavy atom. The number of nitrogens with one attached hydrogen (secondary N) is 2. The van der Waals surface area contributed by atoms with Crippen LogP contribution in [0.4, 0.5) is 0 Å². The van der Waals surface area contributed by atoms with Crippen LogP contribution in [0.25, 0.3) is 21.9 Å². The van der Waals surface area contributed by atoms with Gasteiger partial charge in [-0.15, -0.1) is 11.3 Å². The molecule has 0 unspecified atom stereocenters. The topological polar surface area (TPSA) is 90.0 Å². The number of aromatic amines is 2. The van der Waals surface area contributed by atoms with Crippen LogP contribution < -0.4 is 5.69 Å². The van der Waals surface area contributed by atoms with Crippen LogP contribution in [0.5, 0.6) is 0 Å². The standard InChI is InChI=1S/C34H33ClN6O2S/c35-25-7-5-6-23(18-25)20-39(15-12-24-19-36-28-9-2-1-8-27(24)28)21-32-37-30(22-44-32)33(42)40-16-13-26(14-17-40)41-31-11-4-3-10-29(31)38-34(41)43/h1-11,18-19,22,26,36H,12-17,20-21H2,(H,38,43). The van der Waals surface area contributed by atoms with Gasteiger partial charge in [-0.2, -0.15) is 0 Å². The number of carbonyl (C=O) groups excluding carboxylic acids is 1. The third-order valence-electron chi connectivity index (χ3n) is 8.54. The minimum atomic E-state index is -0.0906. The molecular weight excluding hydrogens is 592 g/mol. The molecule has 1 saturated heterocycles. The fourth-order valence-corrected chi connectivity index (χ4v) is 7.35. The number of imidazole rings is 1. The molecule has 4 heterocycles. The average molecular weight is 625 g/mol. The number of piperidine rings is 1. The molecule has 0 spiro atoms. The molecule has 0 saturated carbocycles. The molecule has 0 bridgehead atoms. The van der Waals surface area contributed by atoms with Crippen molar-refractivity contribution in [1.29, 1.82) is 0 Å². The number of rotatable bonds is 9. The third-order valence-corrected chi connectivity index (χ3v) is 9.61. The van der Waals surface area contributed by atoms with Gasteiger partial charge in [0.15, 0.2) is 0 Å². The molecule has 0 radical (unpaired) electrons. The second kappa shape index (κ2) is 12.4. The Hall–Kier alpha value is -4.18. The maximum absolute atomic E-state index is 13.5. The van der Waals surface area contributed by atoms with Gasteiger partial charge in [0, 0.05) is 59.7 Å². The highest BCUT2D eigenvalue weighted by molar-refractivity contribution is 7.09. The Labute approximate surface area is 263 Å². The number of para-hydroxylation sites is 3. The molecule has 1 fully saturated rings. The van der Waals surface area contributed by atoms with Crippen molar-refractivity contribution in [1.82, 2.24) is 29.3 Å². The van der Waals surface area contributed by atoms with Crippen LogP contribution in [0.2, 0.25) is 5.02 Å². The molecule has 6 aromatic rings. The van der Waals surface area contributed by atoms with Gasteiger partial charge >= 0.3 is 5.69 Å². The van der Waals surface area contributed by atoms with Crippen molar-refractivity contribution in [2.75, 3.05) is 19.6 Å². The molecule has 8 nitrogen and oxygen atoms in total. The molecular formula is C34H33ClN6O2S. The molecule has 10 heteroatoms. The number of hydrogen-bond donors (Lipinski definition) is 2. The summed E-state index contributed by atoms with van der Waals surface area (Å²) in [6, 6.07) is 24.2. The number of carbonyl (C=O) groups is 1. The summed E-state index contributed by atoms with van der Waals surface area (Å²) >= 11 is 7.83. The van der Waals surface area contributed by atoms with Crippen LogP contribution in [-0.2, 0) is 19.5 Å². The van der Waals surface area contributed by atoms with Crippen molar-refractivity contribution in [2.45, 2.75) is 38.4 Å². The second-order valence-corrected chi connectivity index (χ2v) is 12.8. The van der Waals surface area contributed by atoms with Gasteiger partial charge in [-0.1, -0.05) is 54.1 Å². The highest BCUT2D eigenvalue weighted by atomic mass is 35.5. The van der Waals surface area contributed by atoms with Crippen molar-refractivity contribution in [3.8, 4) is 0 Å². The molecule has 1 amide bonds. The Bertz CT molecular complexity index is 1980. The molecule has 2 N–H and O–H groups in total. The van der Waals surface area contributed by atoms with Gasteiger partial charge < -0.3 is 14.9 Å². The monoisotopic (exact) mass is 624 g/mol. The summed E-state index contributed by atoms with van der Waals surface area (Å²) in [6.07, 6.45) is 4.44. The number of amides is 1. The highest BCUT2D eigenvalue weighted by Gasteiger charge is 2.28. The number of likely N-dealkylation sites (tertiary alicyclic amines) is 1. The maximum atomic E-state index is 13.5. The van der Waals surface area contributed by atoms with Crippen molar-refractivity contribution < 1.29 is 4.79 Å². The molecule has 1 aliphatic heterocycles. The van der Waals surface area contributed by atoms with E-state index in [2.05, 4.69) is 45.3 Å². The summed E-state index contributed by atoms with van der Waals surface area (Å²) < 4.78 is 1.85. The van der Waals surface area contributed by atoms with Crippen LogP contribution in [0, 0.1) is 0 Å². The Morgan fingerprint density at radius 1 is 1.00 bits per heavy atom. The van der Waals surface area contributed by atoms with Gasteiger partial charge in [-0.05, 0) is 60.7 Å². The van der Waals surface area contributed by atoms with Crippen LogP contribution >= 0.6 is 22.9 Å². The molecule has 224 valence electrons. The zero-order chi connectivity index (χ0) is 30.0. The van der Waals surface area contributed by atoms with E-state index in [4.69, 9.17) is 16.6 Å². The number of hydrogen-bond acceptors (Lipinski definition) is 5. The normalized spacial score (nSPS) is 14.3. The van der Waals surface area contributed by atoms with Crippen molar-refractivity contribution in [3.63, 3.8) is 0 Å². The molecule has 7 rings (SSSR count). The van der Waals surface area contributed by atoms with Crippen LogP contribution in [0.3, 0.4) is 0 Å². The van der Waals surface area contributed by atoms with Crippen LogP contribution in [0.15, 0.2) is 89.2 Å². The van der Waals surface area contributed by atoms with Gasteiger partial charge in [0.25, 0.3) is 5.91 Å². The molecule has 0 aliphatic carbocycles. The third kappa shape index (κ3) is 5.95. The Balaban J connectivity index is 1.02. The maximum Gasteiger partial charge on any atom is 0.326 e. The van der Waals surface area contributed by atoms with E-state index in [0.29, 0.717) is 25.3 Å². The van der Waals surface area contributed by atoms with Crippen LogP contribution in [0.1, 0.15) is 45.5 Å².